The smallest absolute Gasteiger partial charge is 0.348 e. The molecule has 1 aromatic heterocycles. The second-order valence-corrected chi connectivity index (χ2v) is 5.23. The maximum Gasteiger partial charge on any atom is 0.348 e. The van der Waals surface area contributed by atoms with Crippen LogP contribution >= 0.6 is 11.3 Å². The second-order valence-electron chi connectivity index (χ2n) is 4.31. The molecule has 0 aliphatic heterocycles. The molecule has 0 spiro atoms. The second kappa shape index (κ2) is 4.77. The largest absolute Gasteiger partial charge is 0.465 e. The Morgan fingerprint density at radius 3 is 2.80 bits per heavy atom. The molecule has 0 atom stereocenters. The summed E-state index contributed by atoms with van der Waals surface area (Å²) < 4.78 is 4.72. The summed E-state index contributed by atoms with van der Waals surface area (Å²) in [5.74, 6) is -0.257. The van der Waals surface area contributed by atoms with E-state index in [-0.39, 0.29) is 11.4 Å². The van der Waals surface area contributed by atoms with Crippen molar-refractivity contribution in [2.24, 2.45) is 11.1 Å². The van der Waals surface area contributed by atoms with E-state index in [1.54, 1.807) is 0 Å². The highest BCUT2D eigenvalue weighted by Gasteiger charge is 2.21. The Morgan fingerprint density at radius 2 is 2.27 bits per heavy atom. The van der Waals surface area contributed by atoms with Gasteiger partial charge < -0.3 is 10.5 Å². The Kier molecular flexibility index (Phi) is 3.88. The fourth-order valence-corrected chi connectivity index (χ4v) is 2.17. The van der Waals surface area contributed by atoms with Crippen molar-refractivity contribution in [1.82, 2.24) is 0 Å². The van der Waals surface area contributed by atoms with Gasteiger partial charge in [-0.05, 0) is 35.4 Å². The summed E-state index contributed by atoms with van der Waals surface area (Å²) in [6.07, 6.45) is 0.803. The van der Waals surface area contributed by atoms with Crippen LogP contribution in [0.25, 0.3) is 0 Å². The lowest BCUT2D eigenvalue weighted by molar-refractivity contribution is 0.0604. The number of hydrogen-bond donors (Lipinski definition) is 1. The standard InChI is InChI=1S/C11H17NO2S/c1-11(2,7-12)6-8-4-5-15-9(8)10(13)14-3/h4-5H,6-7,12H2,1-3H3. The lowest BCUT2D eigenvalue weighted by atomic mass is 9.86. The van der Waals surface area contributed by atoms with E-state index in [1.165, 1.54) is 18.4 Å². The molecule has 4 heteroatoms. The summed E-state index contributed by atoms with van der Waals surface area (Å²) in [4.78, 5) is 12.1. The Labute approximate surface area is 94.2 Å². The van der Waals surface area contributed by atoms with Crippen LogP contribution in [-0.4, -0.2) is 19.6 Å². The van der Waals surface area contributed by atoms with E-state index in [4.69, 9.17) is 10.5 Å². The first-order valence-corrected chi connectivity index (χ1v) is 5.73. The quantitative estimate of drug-likeness (QED) is 0.801. The van der Waals surface area contributed by atoms with E-state index in [0.29, 0.717) is 11.4 Å². The Morgan fingerprint density at radius 1 is 1.60 bits per heavy atom. The molecule has 0 unspecified atom stereocenters. The molecule has 84 valence electrons. The normalized spacial score (nSPS) is 11.5. The predicted octanol–water partition coefficient (Wildman–Crippen LogP) is 2.06. The average molecular weight is 227 g/mol. The molecule has 0 aromatic carbocycles. The molecule has 1 aromatic rings. The molecular formula is C11H17NO2S. The number of carbonyl (C=O) groups excluding carboxylic acids is 1. The van der Waals surface area contributed by atoms with Crippen LogP contribution in [-0.2, 0) is 11.2 Å². The van der Waals surface area contributed by atoms with Gasteiger partial charge in [-0.25, -0.2) is 4.79 Å². The molecule has 15 heavy (non-hydrogen) atoms. The zero-order valence-corrected chi connectivity index (χ0v) is 10.2. The van der Waals surface area contributed by atoms with Gasteiger partial charge in [0.2, 0.25) is 0 Å². The van der Waals surface area contributed by atoms with Gasteiger partial charge in [0.1, 0.15) is 4.88 Å². The molecule has 0 fully saturated rings. The van der Waals surface area contributed by atoms with E-state index in [1.807, 2.05) is 11.4 Å². The Bertz CT molecular complexity index is 344. The van der Waals surface area contributed by atoms with Gasteiger partial charge in [-0.2, -0.15) is 0 Å². The van der Waals surface area contributed by atoms with Gasteiger partial charge in [0.05, 0.1) is 7.11 Å². The average Bonchev–Trinajstić information content (AvgIpc) is 2.64. The number of rotatable bonds is 4. The van der Waals surface area contributed by atoms with E-state index >= 15 is 0 Å². The van der Waals surface area contributed by atoms with E-state index in [0.717, 1.165) is 12.0 Å². The number of methoxy groups -OCH3 is 1. The van der Waals surface area contributed by atoms with Gasteiger partial charge in [-0.3, -0.25) is 0 Å². The molecule has 0 aliphatic carbocycles. The van der Waals surface area contributed by atoms with Crippen LogP contribution in [0.3, 0.4) is 0 Å². The summed E-state index contributed by atoms with van der Waals surface area (Å²) in [6, 6.07) is 1.97. The number of nitrogens with two attached hydrogens (primary N) is 1. The Balaban J connectivity index is 2.87. The number of hydrogen-bond acceptors (Lipinski definition) is 4. The molecule has 1 heterocycles. The van der Waals surface area contributed by atoms with Crippen LogP contribution in [0.1, 0.15) is 29.1 Å². The van der Waals surface area contributed by atoms with Crippen molar-refractivity contribution in [1.29, 1.82) is 0 Å². The van der Waals surface area contributed by atoms with Gasteiger partial charge in [-0.1, -0.05) is 13.8 Å². The van der Waals surface area contributed by atoms with Gasteiger partial charge >= 0.3 is 5.97 Å². The van der Waals surface area contributed by atoms with Crippen LogP contribution in [0.5, 0.6) is 0 Å². The molecule has 0 bridgehead atoms. The topological polar surface area (TPSA) is 52.3 Å². The maximum absolute atomic E-state index is 11.4. The molecule has 1 rings (SSSR count). The van der Waals surface area contributed by atoms with Gasteiger partial charge in [-0.15, -0.1) is 11.3 Å². The summed E-state index contributed by atoms with van der Waals surface area (Å²) in [7, 11) is 1.40. The minimum Gasteiger partial charge on any atom is -0.465 e. The molecule has 0 radical (unpaired) electrons. The highest BCUT2D eigenvalue weighted by molar-refractivity contribution is 7.12. The van der Waals surface area contributed by atoms with Crippen molar-refractivity contribution < 1.29 is 9.53 Å². The van der Waals surface area contributed by atoms with Crippen LogP contribution in [0, 0.1) is 5.41 Å². The van der Waals surface area contributed by atoms with Gasteiger partial charge in [0.25, 0.3) is 0 Å². The van der Waals surface area contributed by atoms with Crippen molar-refractivity contribution in [2.45, 2.75) is 20.3 Å². The minimum absolute atomic E-state index is 0.0177. The van der Waals surface area contributed by atoms with Crippen LogP contribution in [0.4, 0.5) is 0 Å². The zero-order valence-electron chi connectivity index (χ0n) is 9.37. The lowest BCUT2D eigenvalue weighted by Gasteiger charge is -2.22. The summed E-state index contributed by atoms with van der Waals surface area (Å²) in [6.45, 7) is 4.78. The van der Waals surface area contributed by atoms with Crippen molar-refractivity contribution in [3.05, 3.63) is 21.9 Å². The monoisotopic (exact) mass is 227 g/mol. The molecule has 0 aliphatic rings. The first kappa shape index (κ1) is 12.2. The van der Waals surface area contributed by atoms with E-state index < -0.39 is 0 Å². The van der Waals surface area contributed by atoms with E-state index in [2.05, 4.69) is 13.8 Å². The van der Waals surface area contributed by atoms with Crippen molar-refractivity contribution in [3.8, 4) is 0 Å². The third kappa shape index (κ3) is 3.04. The molecule has 0 amide bonds. The minimum atomic E-state index is -0.257. The molecule has 0 saturated heterocycles. The van der Waals surface area contributed by atoms with Crippen LogP contribution < -0.4 is 5.73 Å². The maximum atomic E-state index is 11.4. The summed E-state index contributed by atoms with van der Waals surface area (Å²) >= 11 is 1.42. The highest BCUT2D eigenvalue weighted by Crippen LogP contribution is 2.26. The number of thiophene rings is 1. The molecule has 3 nitrogen and oxygen atoms in total. The summed E-state index contributed by atoms with van der Waals surface area (Å²) in [5.41, 5.74) is 6.72. The molecule has 2 N–H and O–H groups in total. The van der Waals surface area contributed by atoms with Gasteiger partial charge in [0, 0.05) is 0 Å². The van der Waals surface area contributed by atoms with Crippen molar-refractivity contribution in [2.75, 3.05) is 13.7 Å². The van der Waals surface area contributed by atoms with Crippen LogP contribution in [0.2, 0.25) is 0 Å². The lowest BCUT2D eigenvalue weighted by Crippen LogP contribution is -2.26. The zero-order chi connectivity index (χ0) is 11.5. The Hall–Kier alpha value is -0.870. The predicted molar refractivity (Wildman–Crippen MR) is 62.2 cm³/mol. The highest BCUT2D eigenvalue weighted by atomic mass is 32.1. The van der Waals surface area contributed by atoms with Crippen LogP contribution in [0.15, 0.2) is 11.4 Å². The third-order valence-corrected chi connectivity index (χ3v) is 3.28. The van der Waals surface area contributed by atoms with Gasteiger partial charge in [0.15, 0.2) is 0 Å². The number of carbonyl (C=O) groups is 1. The molecule has 0 saturated carbocycles. The molecular weight excluding hydrogens is 210 g/mol. The number of ether oxygens (including phenoxy) is 1. The fraction of sp³-hybridized carbons (Fsp3) is 0.545. The first-order chi connectivity index (χ1) is 7.00. The SMILES string of the molecule is COC(=O)c1sccc1CC(C)(C)CN. The van der Waals surface area contributed by atoms with Crippen molar-refractivity contribution in [3.63, 3.8) is 0 Å². The van der Waals surface area contributed by atoms with E-state index in [9.17, 15) is 4.79 Å². The van der Waals surface area contributed by atoms with Crippen molar-refractivity contribution >= 4 is 17.3 Å². The number of esters is 1. The third-order valence-electron chi connectivity index (χ3n) is 2.34. The first-order valence-electron chi connectivity index (χ1n) is 4.85. The summed E-state index contributed by atoms with van der Waals surface area (Å²) in [5, 5.41) is 1.91. The fourth-order valence-electron chi connectivity index (χ4n) is 1.33.